The van der Waals surface area contributed by atoms with Gasteiger partial charge in [-0.25, -0.2) is 5.06 Å². The summed E-state index contributed by atoms with van der Waals surface area (Å²) in [5.41, 5.74) is 0. The SMILES string of the molecule is C[C@@H](O[Si](C)(C)C(C)(C)C)[C@H]1C(=O)N(O)[C@H]1Sc1ccccc1. The number of β-lactam (4-membered cyclic amide) rings is 1. The van der Waals surface area contributed by atoms with Gasteiger partial charge in [-0.05, 0) is 37.2 Å². The van der Waals surface area contributed by atoms with E-state index < -0.39 is 8.32 Å². The van der Waals surface area contributed by atoms with E-state index in [4.69, 9.17) is 4.43 Å². The summed E-state index contributed by atoms with van der Waals surface area (Å²) in [5, 5.41) is 10.6. The van der Waals surface area contributed by atoms with Crippen LogP contribution >= 0.6 is 11.8 Å². The fourth-order valence-electron chi connectivity index (χ4n) is 2.38. The first-order valence-electron chi connectivity index (χ1n) is 7.96. The first kappa shape index (κ1) is 18.5. The minimum atomic E-state index is -1.95. The number of hydroxylamine groups is 2. The summed E-state index contributed by atoms with van der Waals surface area (Å²) in [7, 11) is -1.95. The van der Waals surface area contributed by atoms with Crippen molar-refractivity contribution in [2.45, 2.75) is 62.2 Å². The van der Waals surface area contributed by atoms with Gasteiger partial charge in [-0.15, -0.1) is 0 Å². The molecule has 128 valence electrons. The summed E-state index contributed by atoms with van der Waals surface area (Å²) < 4.78 is 6.36. The lowest BCUT2D eigenvalue weighted by Crippen LogP contribution is -2.63. The highest BCUT2D eigenvalue weighted by atomic mass is 32.2. The molecule has 1 aliphatic rings. The summed E-state index contributed by atoms with van der Waals surface area (Å²) in [6.07, 6.45) is -0.201. The summed E-state index contributed by atoms with van der Waals surface area (Å²) in [5.74, 6) is -0.552. The third kappa shape index (κ3) is 3.82. The molecule has 1 saturated heterocycles. The zero-order valence-electron chi connectivity index (χ0n) is 14.7. The van der Waals surface area contributed by atoms with Crippen LogP contribution in [0.15, 0.2) is 35.2 Å². The van der Waals surface area contributed by atoms with Gasteiger partial charge in [-0.3, -0.25) is 10.0 Å². The molecule has 1 N–H and O–H groups in total. The number of carbonyl (C=O) groups excluding carboxylic acids is 1. The molecule has 1 fully saturated rings. The monoisotopic (exact) mass is 353 g/mol. The predicted molar refractivity (Wildman–Crippen MR) is 96.0 cm³/mol. The van der Waals surface area contributed by atoms with Crippen LogP contribution in [0.25, 0.3) is 0 Å². The molecule has 0 unspecified atom stereocenters. The summed E-state index contributed by atoms with van der Waals surface area (Å²) in [6.45, 7) is 12.9. The Bertz CT molecular complexity index is 559. The summed E-state index contributed by atoms with van der Waals surface area (Å²) in [4.78, 5) is 13.2. The normalized spacial score (nSPS) is 23.6. The number of amides is 1. The van der Waals surface area contributed by atoms with E-state index >= 15 is 0 Å². The van der Waals surface area contributed by atoms with E-state index in [2.05, 4.69) is 33.9 Å². The van der Waals surface area contributed by atoms with Gasteiger partial charge in [-0.1, -0.05) is 50.7 Å². The molecule has 0 aromatic heterocycles. The van der Waals surface area contributed by atoms with Crippen molar-refractivity contribution in [3.8, 4) is 0 Å². The number of benzene rings is 1. The molecule has 0 radical (unpaired) electrons. The topological polar surface area (TPSA) is 49.8 Å². The van der Waals surface area contributed by atoms with E-state index in [1.54, 1.807) is 0 Å². The molecule has 1 aromatic rings. The second kappa shape index (κ2) is 6.59. The summed E-state index contributed by atoms with van der Waals surface area (Å²) in [6, 6.07) is 9.83. The van der Waals surface area contributed by atoms with Crippen LogP contribution in [0, 0.1) is 5.92 Å². The van der Waals surface area contributed by atoms with Gasteiger partial charge >= 0.3 is 0 Å². The highest BCUT2D eigenvalue weighted by Crippen LogP contribution is 2.43. The molecular formula is C17H27NO3SSi. The standard InChI is InChI=1S/C17H27NO3SSi/c1-12(21-23(5,6)17(2,3)4)14-15(19)18(20)16(14)22-13-10-8-7-9-11-13/h7-12,14,16,20H,1-6H3/t12-,14+,16+/m1/s1. The molecule has 3 atom stereocenters. The van der Waals surface area contributed by atoms with Crippen LogP contribution in [-0.4, -0.2) is 36.0 Å². The maximum atomic E-state index is 12.1. The van der Waals surface area contributed by atoms with Gasteiger partial charge in [0.2, 0.25) is 0 Å². The molecule has 0 spiro atoms. The zero-order valence-corrected chi connectivity index (χ0v) is 16.6. The van der Waals surface area contributed by atoms with Crippen molar-refractivity contribution in [3.05, 3.63) is 30.3 Å². The molecule has 0 aliphatic carbocycles. The minimum absolute atomic E-state index is 0.0923. The molecule has 2 rings (SSSR count). The lowest BCUT2D eigenvalue weighted by Gasteiger charge is -2.47. The predicted octanol–water partition coefficient (Wildman–Crippen LogP) is 4.36. The van der Waals surface area contributed by atoms with E-state index in [0.29, 0.717) is 0 Å². The fourth-order valence-corrected chi connectivity index (χ4v) is 5.09. The third-order valence-electron chi connectivity index (χ3n) is 4.85. The molecule has 6 heteroatoms. The lowest BCUT2D eigenvalue weighted by molar-refractivity contribution is -0.210. The average Bonchev–Trinajstić information content (AvgIpc) is 2.45. The van der Waals surface area contributed by atoms with E-state index in [1.165, 1.54) is 11.8 Å². The van der Waals surface area contributed by atoms with E-state index in [9.17, 15) is 10.0 Å². The van der Waals surface area contributed by atoms with E-state index in [1.807, 2.05) is 37.3 Å². The van der Waals surface area contributed by atoms with E-state index in [0.717, 1.165) is 9.96 Å². The second-order valence-corrected chi connectivity index (χ2v) is 13.6. The van der Waals surface area contributed by atoms with Gasteiger partial charge in [0.05, 0.1) is 12.0 Å². The highest BCUT2D eigenvalue weighted by Gasteiger charge is 2.53. The summed E-state index contributed by atoms with van der Waals surface area (Å²) >= 11 is 1.50. The van der Waals surface area contributed by atoms with Crippen LogP contribution in [0.3, 0.4) is 0 Å². The molecule has 4 nitrogen and oxygen atoms in total. The highest BCUT2D eigenvalue weighted by molar-refractivity contribution is 8.00. The van der Waals surface area contributed by atoms with Crippen molar-refractivity contribution >= 4 is 26.0 Å². The molecule has 1 aromatic carbocycles. The van der Waals surface area contributed by atoms with Crippen LogP contribution in [0.2, 0.25) is 18.1 Å². The van der Waals surface area contributed by atoms with Crippen LogP contribution in [0.1, 0.15) is 27.7 Å². The van der Waals surface area contributed by atoms with Crippen LogP contribution < -0.4 is 0 Å². The maximum Gasteiger partial charge on any atom is 0.255 e. The number of carbonyl (C=O) groups is 1. The van der Waals surface area contributed by atoms with Gasteiger partial charge in [-0.2, -0.15) is 0 Å². The molecule has 1 amide bonds. The van der Waals surface area contributed by atoms with Crippen molar-refractivity contribution < 1.29 is 14.4 Å². The molecule has 0 saturated carbocycles. The Hall–Kier alpha value is -0.823. The first-order valence-corrected chi connectivity index (χ1v) is 11.7. The maximum absolute atomic E-state index is 12.1. The second-order valence-electron chi connectivity index (χ2n) is 7.61. The Morgan fingerprint density at radius 3 is 2.35 bits per heavy atom. The van der Waals surface area contributed by atoms with Gasteiger partial charge in [0.15, 0.2) is 8.32 Å². The number of rotatable bonds is 5. The smallest absolute Gasteiger partial charge is 0.255 e. The van der Waals surface area contributed by atoms with Gasteiger partial charge < -0.3 is 4.43 Å². The molecule has 0 bridgehead atoms. The molecule has 23 heavy (non-hydrogen) atoms. The third-order valence-corrected chi connectivity index (χ3v) is 10.7. The van der Waals surface area contributed by atoms with Crippen molar-refractivity contribution in [1.29, 1.82) is 0 Å². The van der Waals surface area contributed by atoms with Crippen molar-refractivity contribution in [2.75, 3.05) is 0 Å². The quantitative estimate of drug-likeness (QED) is 0.485. The minimum Gasteiger partial charge on any atom is -0.413 e. The Labute approximate surface area is 144 Å². The number of nitrogens with zero attached hydrogens (tertiary/aromatic N) is 1. The number of hydrogen-bond acceptors (Lipinski definition) is 4. The fraction of sp³-hybridized carbons (Fsp3) is 0.588. The van der Waals surface area contributed by atoms with Crippen molar-refractivity contribution in [2.24, 2.45) is 5.92 Å². The lowest BCUT2D eigenvalue weighted by atomic mass is 9.95. The zero-order chi connectivity index (χ0) is 17.4. The van der Waals surface area contributed by atoms with E-state index in [-0.39, 0.29) is 28.3 Å². The number of hydrogen-bond donors (Lipinski definition) is 1. The Morgan fingerprint density at radius 1 is 1.26 bits per heavy atom. The molecule has 1 heterocycles. The van der Waals surface area contributed by atoms with Gasteiger partial charge in [0, 0.05) is 4.90 Å². The molecule has 1 aliphatic heterocycles. The van der Waals surface area contributed by atoms with Gasteiger partial charge in [0.25, 0.3) is 5.91 Å². The Morgan fingerprint density at radius 2 is 1.83 bits per heavy atom. The van der Waals surface area contributed by atoms with Crippen molar-refractivity contribution in [1.82, 2.24) is 5.06 Å². The van der Waals surface area contributed by atoms with Gasteiger partial charge in [0.1, 0.15) is 5.37 Å². The average molecular weight is 354 g/mol. The van der Waals surface area contributed by atoms with Crippen LogP contribution in [0.5, 0.6) is 0 Å². The van der Waals surface area contributed by atoms with Crippen molar-refractivity contribution in [3.63, 3.8) is 0 Å². The van der Waals surface area contributed by atoms with Crippen LogP contribution in [0.4, 0.5) is 0 Å². The Balaban J connectivity index is 2.09. The first-order chi connectivity index (χ1) is 10.5. The van der Waals surface area contributed by atoms with Crippen LogP contribution in [-0.2, 0) is 9.22 Å². The molecular weight excluding hydrogens is 326 g/mol. The number of thioether (sulfide) groups is 1. The largest absolute Gasteiger partial charge is 0.413 e. The Kier molecular flexibility index (Phi) is 5.30.